The summed E-state index contributed by atoms with van der Waals surface area (Å²) >= 11 is 0. The number of hydrogen-bond donors (Lipinski definition) is 2. The summed E-state index contributed by atoms with van der Waals surface area (Å²) in [6.45, 7) is 2.11. The summed E-state index contributed by atoms with van der Waals surface area (Å²) in [6.07, 6.45) is 1.39. The normalized spacial score (nSPS) is 30.9. The Hall–Kier alpha value is -0.130. The lowest BCUT2D eigenvalue weighted by Gasteiger charge is -2.29. The standard InChI is InChI=1S/C9H19NO3S/c1-7(6-10)9(11)8-4-2-3-5-14(8,12)13/h7-9,11H,2-6,10H2,1H3. The minimum atomic E-state index is -3.08. The van der Waals surface area contributed by atoms with Crippen molar-refractivity contribution in [2.75, 3.05) is 12.3 Å². The number of rotatable bonds is 3. The van der Waals surface area contributed by atoms with E-state index in [-0.39, 0.29) is 11.7 Å². The number of sulfone groups is 1. The molecule has 0 aromatic rings. The molecule has 1 aliphatic heterocycles. The molecular formula is C9H19NO3S. The molecule has 0 aromatic heterocycles. The van der Waals surface area contributed by atoms with Crippen molar-refractivity contribution in [3.8, 4) is 0 Å². The zero-order valence-corrected chi connectivity index (χ0v) is 9.33. The molecule has 0 saturated carbocycles. The molecular weight excluding hydrogens is 202 g/mol. The van der Waals surface area contributed by atoms with Gasteiger partial charge >= 0.3 is 0 Å². The molecule has 5 heteroatoms. The summed E-state index contributed by atoms with van der Waals surface area (Å²) in [4.78, 5) is 0. The molecule has 1 saturated heterocycles. The molecule has 3 N–H and O–H groups in total. The van der Waals surface area contributed by atoms with Crippen molar-refractivity contribution in [1.29, 1.82) is 0 Å². The number of nitrogens with two attached hydrogens (primary N) is 1. The number of aliphatic hydroxyl groups is 1. The van der Waals surface area contributed by atoms with Crippen LogP contribution in [0.4, 0.5) is 0 Å². The molecule has 0 radical (unpaired) electrons. The van der Waals surface area contributed by atoms with E-state index in [9.17, 15) is 13.5 Å². The van der Waals surface area contributed by atoms with E-state index in [1.54, 1.807) is 6.92 Å². The summed E-state index contributed by atoms with van der Waals surface area (Å²) in [5, 5.41) is 9.23. The van der Waals surface area contributed by atoms with Gasteiger partial charge in [-0.3, -0.25) is 0 Å². The van der Waals surface area contributed by atoms with Gasteiger partial charge in [0.05, 0.1) is 17.1 Å². The average molecular weight is 221 g/mol. The Morgan fingerprint density at radius 1 is 1.50 bits per heavy atom. The minimum Gasteiger partial charge on any atom is -0.391 e. The van der Waals surface area contributed by atoms with Gasteiger partial charge in [-0.2, -0.15) is 0 Å². The molecule has 84 valence electrons. The highest BCUT2D eigenvalue weighted by atomic mass is 32.2. The summed E-state index contributed by atoms with van der Waals surface area (Å²) in [7, 11) is -3.08. The predicted molar refractivity (Wildman–Crippen MR) is 55.7 cm³/mol. The second-order valence-electron chi connectivity index (χ2n) is 4.10. The second kappa shape index (κ2) is 4.59. The first kappa shape index (κ1) is 11.9. The van der Waals surface area contributed by atoms with Crippen LogP contribution in [0.15, 0.2) is 0 Å². The highest BCUT2D eigenvalue weighted by Gasteiger charge is 2.36. The van der Waals surface area contributed by atoms with Crippen LogP contribution in [-0.2, 0) is 9.84 Å². The molecule has 1 rings (SSSR count). The predicted octanol–water partition coefficient (Wildman–Crippen LogP) is -0.0906. The number of hydrogen-bond acceptors (Lipinski definition) is 4. The van der Waals surface area contributed by atoms with E-state index in [1.165, 1.54) is 0 Å². The van der Waals surface area contributed by atoms with E-state index in [2.05, 4.69) is 0 Å². The quantitative estimate of drug-likeness (QED) is 0.698. The van der Waals surface area contributed by atoms with Gasteiger partial charge in [0.1, 0.15) is 0 Å². The summed E-state index contributed by atoms with van der Waals surface area (Å²) < 4.78 is 23.3. The monoisotopic (exact) mass is 221 g/mol. The largest absolute Gasteiger partial charge is 0.391 e. The average Bonchev–Trinajstić information content (AvgIpc) is 2.15. The van der Waals surface area contributed by atoms with Gasteiger partial charge in [-0.25, -0.2) is 8.42 Å². The van der Waals surface area contributed by atoms with Crippen LogP contribution >= 0.6 is 0 Å². The zero-order chi connectivity index (χ0) is 10.8. The highest BCUT2D eigenvalue weighted by molar-refractivity contribution is 7.92. The van der Waals surface area contributed by atoms with Crippen molar-refractivity contribution in [1.82, 2.24) is 0 Å². The molecule has 1 fully saturated rings. The Balaban J connectivity index is 2.74. The molecule has 3 atom stereocenters. The van der Waals surface area contributed by atoms with Crippen LogP contribution in [0.5, 0.6) is 0 Å². The molecule has 14 heavy (non-hydrogen) atoms. The fraction of sp³-hybridized carbons (Fsp3) is 1.00. The third-order valence-electron chi connectivity index (χ3n) is 2.96. The van der Waals surface area contributed by atoms with Crippen LogP contribution in [0, 0.1) is 5.92 Å². The molecule has 0 aromatic carbocycles. The zero-order valence-electron chi connectivity index (χ0n) is 8.52. The first-order valence-corrected chi connectivity index (χ1v) is 6.80. The van der Waals surface area contributed by atoms with Gasteiger partial charge in [-0.15, -0.1) is 0 Å². The van der Waals surface area contributed by atoms with Crippen molar-refractivity contribution in [2.45, 2.75) is 37.5 Å². The van der Waals surface area contributed by atoms with E-state index in [1.807, 2.05) is 0 Å². The van der Waals surface area contributed by atoms with Crippen LogP contribution in [0.25, 0.3) is 0 Å². The Morgan fingerprint density at radius 3 is 2.64 bits per heavy atom. The van der Waals surface area contributed by atoms with Gasteiger partial charge in [-0.05, 0) is 25.3 Å². The topological polar surface area (TPSA) is 80.4 Å². The van der Waals surface area contributed by atoms with Crippen LogP contribution in [0.1, 0.15) is 26.2 Å². The molecule has 0 bridgehead atoms. The third-order valence-corrected chi connectivity index (χ3v) is 5.26. The minimum absolute atomic E-state index is 0.145. The highest BCUT2D eigenvalue weighted by Crippen LogP contribution is 2.25. The maximum atomic E-state index is 11.6. The van der Waals surface area contributed by atoms with E-state index < -0.39 is 21.2 Å². The van der Waals surface area contributed by atoms with E-state index in [0.29, 0.717) is 13.0 Å². The van der Waals surface area contributed by atoms with E-state index >= 15 is 0 Å². The SMILES string of the molecule is CC(CN)C(O)C1CCCCS1(=O)=O. The van der Waals surface area contributed by atoms with Crippen molar-refractivity contribution >= 4 is 9.84 Å². The Morgan fingerprint density at radius 2 is 2.14 bits per heavy atom. The Kier molecular flexibility index (Phi) is 3.92. The maximum absolute atomic E-state index is 11.6. The molecule has 4 nitrogen and oxygen atoms in total. The first-order chi connectivity index (χ1) is 6.49. The molecule has 0 amide bonds. The van der Waals surface area contributed by atoms with Gasteiger partial charge in [0, 0.05) is 0 Å². The second-order valence-corrected chi connectivity index (χ2v) is 6.44. The van der Waals surface area contributed by atoms with E-state index in [0.717, 1.165) is 12.8 Å². The molecule has 3 unspecified atom stereocenters. The lowest BCUT2D eigenvalue weighted by atomic mass is 9.98. The lowest BCUT2D eigenvalue weighted by molar-refractivity contribution is 0.110. The van der Waals surface area contributed by atoms with Crippen molar-refractivity contribution in [3.63, 3.8) is 0 Å². The van der Waals surface area contributed by atoms with Crippen LogP contribution in [0.3, 0.4) is 0 Å². The van der Waals surface area contributed by atoms with E-state index in [4.69, 9.17) is 5.73 Å². The molecule has 1 heterocycles. The fourth-order valence-corrected chi connectivity index (χ4v) is 4.00. The summed E-state index contributed by atoms with van der Waals surface area (Å²) in [5.41, 5.74) is 5.41. The summed E-state index contributed by atoms with van der Waals surface area (Å²) in [5.74, 6) is 0.0688. The van der Waals surface area contributed by atoms with Crippen molar-refractivity contribution in [2.24, 2.45) is 11.7 Å². The van der Waals surface area contributed by atoms with Gasteiger partial charge in [-0.1, -0.05) is 13.3 Å². The third kappa shape index (κ3) is 2.46. The Labute approximate surface area is 85.4 Å². The van der Waals surface area contributed by atoms with Crippen LogP contribution in [0.2, 0.25) is 0 Å². The van der Waals surface area contributed by atoms with Gasteiger partial charge in [0.25, 0.3) is 0 Å². The fourth-order valence-electron chi connectivity index (χ4n) is 1.87. The van der Waals surface area contributed by atoms with Gasteiger partial charge in [0.2, 0.25) is 0 Å². The lowest BCUT2D eigenvalue weighted by Crippen LogP contribution is -2.43. The molecule has 1 aliphatic rings. The first-order valence-electron chi connectivity index (χ1n) is 5.08. The smallest absolute Gasteiger partial charge is 0.155 e. The molecule has 0 spiro atoms. The van der Waals surface area contributed by atoms with Crippen molar-refractivity contribution in [3.05, 3.63) is 0 Å². The Bertz CT molecular complexity index is 276. The molecule has 0 aliphatic carbocycles. The van der Waals surface area contributed by atoms with Gasteiger partial charge < -0.3 is 10.8 Å². The maximum Gasteiger partial charge on any atom is 0.155 e. The van der Waals surface area contributed by atoms with Crippen LogP contribution < -0.4 is 5.73 Å². The van der Waals surface area contributed by atoms with Gasteiger partial charge in [0.15, 0.2) is 9.84 Å². The summed E-state index contributed by atoms with van der Waals surface area (Å²) in [6, 6.07) is 0. The van der Waals surface area contributed by atoms with Crippen LogP contribution in [-0.4, -0.2) is 37.2 Å². The van der Waals surface area contributed by atoms with Crippen molar-refractivity contribution < 1.29 is 13.5 Å². The number of aliphatic hydroxyl groups excluding tert-OH is 1.